The molecule has 0 fully saturated rings. The molecule has 0 saturated carbocycles. The van der Waals surface area contributed by atoms with Gasteiger partial charge in [0.05, 0.1) is 14.2 Å². The van der Waals surface area contributed by atoms with E-state index in [0.29, 0.717) is 17.1 Å². The summed E-state index contributed by atoms with van der Waals surface area (Å²) < 4.78 is 10.8. The summed E-state index contributed by atoms with van der Waals surface area (Å²) in [7, 11) is 5.33. The molecule has 4 heteroatoms. The van der Waals surface area contributed by atoms with Crippen LogP contribution in [-0.2, 0) is 19.5 Å². The van der Waals surface area contributed by atoms with Crippen molar-refractivity contribution in [3.8, 4) is 11.5 Å². The average Bonchev–Trinajstić information content (AvgIpc) is 2.82. The molecule has 0 heterocycles. The average molecular weight is 428 g/mol. The van der Waals surface area contributed by atoms with Crippen molar-refractivity contribution in [1.29, 1.82) is 0 Å². The Morgan fingerprint density at radius 3 is 2.12 bits per heavy atom. The lowest BCUT2D eigenvalue weighted by Crippen LogP contribution is -2.17. The highest BCUT2D eigenvalue weighted by molar-refractivity contribution is 6.13. The van der Waals surface area contributed by atoms with Gasteiger partial charge in [0.15, 0.2) is 17.3 Å². The number of nitrogens with zero attached hydrogens (tertiary/aromatic N) is 1. The molecule has 0 spiro atoms. The topological polar surface area (TPSA) is 38.8 Å². The second-order valence-corrected chi connectivity index (χ2v) is 8.26. The van der Waals surface area contributed by atoms with Crippen LogP contribution in [0.5, 0.6) is 11.5 Å². The van der Waals surface area contributed by atoms with Crippen LogP contribution in [0.2, 0.25) is 0 Å². The van der Waals surface area contributed by atoms with Gasteiger partial charge in [-0.3, -0.25) is 9.69 Å². The van der Waals surface area contributed by atoms with Gasteiger partial charge in [-0.15, -0.1) is 0 Å². The number of aryl methyl sites for hydroxylation is 1. The predicted molar refractivity (Wildman–Crippen MR) is 128 cm³/mol. The van der Waals surface area contributed by atoms with Crippen molar-refractivity contribution >= 4 is 11.9 Å². The van der Waals surface area contributed by atoms with E-state index in [0.717, 1.165) is 42.6 Å². The molecule has 0 amide bonds. The molecule has 4 nitrogen and oxygen atoms in total. The van der Waals surface area contributed by atoms with Crippen LogP contribution in [0.4, 0.5) is 0 Å². The Bertz CT molecular complexity index is 1120. The first-order valence-electron chi connectivity index (χ1n) is 10.9. The van der Waals surface area contributed by atoms with Gasteiger partial charge in [-0.25, -0.2) is 0 Å². The number of hydrogen-bond donors (Lipinski definition) is 0. The molecule has 0 atom stereocenters. The standard InChI is InChI=1S/C28H29NO3/c1-29(18-21-7-5-4-6-8-21)19-22-11-9-20(10-12-22)15-24-14-13-23-16-26(31-2)27(32-3)17-25(23)28(24)30/h4-12,15-17H,13-14,18-19H2,1-3H3/b24-15+. The van der Waals surface area contributed by atoms with E-state index in [1.807, 2.05) is 18.2 Å². The second kappa shape index (κ2) is 9.84. The van der Waals surface area contributed by atoms with E-state index < -0.39 is 0 Å². The summed E-state index contributed by atoms with van der Waals surface area (Å²) in [5.41, 5.74) is 6.16. The Labute approximate surface area is 190 Å². The smallest absolute Gasteiger partial charge is 0.189 e. The van der Waals surface area contributed by atoms with E-state index in [2.05, 4.69) is 60.5 Å². The fraction of sp³-hybridized carbons (Fsp3) is 0.250. The van der Waals surface area contributed by atoms with Crippen molar-refractivity contribution in [2.75, 3.05) is 21.3 Å². The van der Waals surface area contributed by atoms with Crippen molar-refractivity contribution in [2.24, 2.45) is 0 Å². The number of ketones is 1. The summed E-state index contributed by atoms with van der Waals surface area (Å²) >= 11 is 0. The number of allylic oxidation sites excluding steroid dienone is 1. The second-order valence-electron chi connectivity index (χ2n) is 8.26. The van der Waals surface area contributed by atoms with E-state index in [-0.39, 0.29) is 5.78 Å². The summed E-state index contributed by atoms with van der Waals surface area (Å²) in [6, 6.07) is 22.7. The Morgan fingerprint density at radius 1 is 0.844 bits per heavy atom. The molecule has 164 valence electrons. The Balaban J connectivity index is 1.46. The molecule has 0 aromatic heterocycles. The van der Waals surface area contributed by atoms with Gasteiger partial charge in [-0.2, -0.15) is 0 Å². The van der Waals surface area contributed by atoms with Crippen molar-refractivity contribution in [1.82, 2.24) is 4.90 Å². The third-order valence-corrected chi connectivity index (χ3v) is 5.88. The van der Waals surface area contributed by atoms with Gasteiger partial charge in [0.1, 0.15) is 0 Å². The minimum Gasteiger partial charge on any atom is -0.493 e. The van der Waals surface area contributed by atoms with E-state index in [4.69, 9.17) is 9.47 Å². The first-order valence-corrected chi connectivity index (χ1v) is 10.9. The molecule has 3 aromatic rings. The lowest BCUT2D eigenvalue weighted by Gasteiger charge is -2.20. The number of fused-ring (bicyclic) bond motifs is 1. The van der Waals surface area contributed by atoms with Crippen molar-refractivity contribution in [2.45, 2.75) is 25.9 Å². The zero-order valence-corrected chi connectivity index (χ0v) is 18.9. The van der Waals surface area contributed by atoms with Crippen LogP contribution in [-0.4, -0.2) is 32.0 Å². The number of methoxy groups -OCH3 is 2. The number of ether oxygens (including phenoxy) is 2. The van der Waals surface area contributed by atoms with E-state index in [1.54, 1.807) is 20.3 Å². The number of hydrogen-bond acceptors (Lipinski definition) is 4. The minimum absolute atomic E-state index is 0.0684. The van der Waals surface area contributed by atoms with E-state index >= 15 is 0 Å². The van der Waals surface area contributed by atoms with Gasteiger partial charge in [0.2, 0.25) is 0 Å². The Hall–Kier alpha value is -3.37. The number of carbonyl (C=O) groups excluding carboxylic acids is 1. The zero-order valence-electron chi connectivity index (χ0n) is 18.9. The Morgan fingerprint density at radius 2 is 1.47 bits per heavy atom. The van der Waals surface area contributed by atoms with E-state index in [1.165, 1.54) is 11.1 Å². The minimum atomic E-state index is 0.0684. The SMILES string of the molecule is COc1cc2c(cc1OC)C(=O)/C(=C/c1ccc(CN(C)Cc3ccccc3)cc1)CC2. The van der Waals surface area contributed by atoms with Gasteiger partial charge in [0, 0.05) is 24.2 Å². The highest BCUT2D eigenvalue weighted by Gasteiger charge is 2.24. The van der Waals surface area contributed by atoms with Gasteiger partial charge in [0.25, 0.3) is 0 Å². The predicted octanol–water partition coefficient (Wildman–Crippen LogP) is 5.55. The van der Waals surface area contributed by atoms with Crippen LogP contribution in [0.1, 0.15) is 39.0 Å². The maximum atomic E-state index is 13.1. The largest absolute Gasteiger partial charge is 0.493 e. The normalized spacial score (nSPS) is 14.5. The third kappa shape index (κ3) is 4.92. The van der Waals surface area contributed by atoms with Crippen LogP contribution in [0.25, 0.3) is 6.08 Å². The van der Waals surface area contributed by atoms with Crippen LogP contribution >= 0.6 is 0 Å². The monoisotopic (exact) mass is 427 g/mol. The molecule has 0 aliphatic heterocycles. The first-order chi connectivity index (χ1) is 15.6. The summed E-state index contributed by atoms with van der Waals surface area (Å²) in [5.74, 6) is 1.32. The third-order valence-electron chi connectivity index (χ3n) is 5.88. The maximum absolute atomic E-state index is 13.1. The highest BCUT2D eigenvalue weighted by atomic mass is 16.5. The molecular weight excluding hydrogens is 398 g/mol. The molecule has 4 rings (SSSR count). The molecule has 1 aliphatic rings. The number of carbonyl (C=O) groups is 1. The van der Waals surface area contributed by atoms with E-state index in [9.17, 15) is 4.79 Å². The fourth-order valence-electron chi connectivity index (χ4n) is 4.22. The molecule has 0 radical (unpaired) electrons. The van der Waals surface area contributed by atoms with Crippen LogP contribution < -0.4 is 9.47 Å². The lowest BCUT2D eigenvalue weighted by atomic mass is 9.85. The molecule has 0 bridgehead atoms. The molecule has 3 aromatic carbocycles. The lowest BCUT2D eigenvalue weighted by molar-refractivity contribution is 0.102. The Kier molecular flexibility index (Phi) is 6.72. The number of rotatable bonds is 7. The molecule has 32 heavy (non-hydrogen) atoms. The first kappa shape index (κ1) is 21.8. The maximum Gasteiger partial charge on any atom is 0.189 e. The molecule has 0 unspecified atom stereocenters. The molecule has 0 saturated heterocycles. The summed E-state index contributed by atoms with van der Waals surface area (Å²) in [4.78, 5) is 15.4. The van der Waals surface area contributed by atoms with Crippen LogP contribution in [0.15, 0.2) is 72.3 Å². The van der Waals surface area contributed by atoms with Gasteiger partial charge in [-0.05, 0) is 60.4 Å². The van der Waals surface area contributed by atoms with Crippen molar-refractivity contribution in [3.63, 3.8) is 0 Å². The van der Waals surface area contributed by atoms with Gasteiger partial charge < -0.3 is 9.47 Å². The van der Waals surface area contributed by atoms with Crippen LogP contribution in [0, 0.1) is 0 Å². The summed E-state index contributed by atoms with van der Waals surface area (Å²) in [6.07, 6.45) is 3.55. The van der Waals surface area contributed by atoms with Crippen LogP contribution in [0.3, 0.4) is 0 Å². The highest BCUT2D eigenvalue weighted by Crippen LogP contribution is 2.35. The zero-order chi connectivity index (χ0) is 22.5. The van der Waals surface area contributed by atoms with Gasteiger partial charge >= 0.3 is 0 Å². The van der Waals surface area contributed by atoms with Gasteiger partial charge in [-0.1, -0.05) is 54.6 Å². The molecule has 0 N–H and O–H groups in total. The number of benzene rings is 3. The number of Topliss-reactive ketones (excluding diaryl/α,β-unsaturated/α-hetero) is 1. The molecule has 1 aliphatic carbocycles. The van der Waals surface area contributed by atoms with Crippen molar-refractivity contribution in [3.05, 3.63) is 100 Å². The molecular formula is C28H29NO3. The fourth-order valence-corrected chi connectivity index (χ4v) is 4.22. The summed E-state index contributed by atoms with van der Waals surface area (Å²) in [6.45, 7) is 1.79. The summed E-state index contributed by atoms with van der Waals surface area (Å²) in [5, 5.41) is 0. The van der Waals surface area contributed by atoms with Crippen molar-refractivity contribution < 1.29 is 14.3 Å². The quantitative estimate of drug-likeness (QED) is 0.464.